The van der Waals surface area contributed by atoms with Crippen molar-refractivity contribution in [1.82, 2.24) is 0 Å². The first-order valence-corrected chi connectivity index (χ1v) is 4.43. The maximum atomic E-state index is 11.4. The summed E-state index contributed by atoms with van der Waals surface area (Å²) < 4.78 is 0. The number of fused-ring (bicyclic) bond motifs is 1. The van der Waals surface area contributed by atoms with Gasteiger partial charge < -0.3 is 15.7 Å². The van der Waals surface area contributed by atoms with Gasteiger partial charge in [0.25, 0.3) is 0 Å². The maximum absolute atomic E-state index is 11.4. The van der Waals surface area contributed by atoms with Crippen molar-refractivity contribution >= 4 is 23.3 Å². The van der Waals surface area contributed by atoms with Gasteiger partial charge in [0, 0.05) is 18.4 Å². The van der Waals surface area contributed by atoms with E-state index in [4.69, 9.17) is 10.8 Å². The van der Waals surface area contributed by atoms with E-state index in [1.165, 1.54) is 11.0 Å². The minimum absolute atomic E-state index is 0.113. The van der Waals surface area contributed by atoms with E-state index in [1.807, 2.05) is 0 Å². The third-order valence-electron chi connectivity index (χ3n) is 2.54. The van der Waals surface area contributed by atoms with Crippen molar-refractivity contribution in [2.75, 3.05) is 17.7 Å². The molecule has 0 aliphatic carbocycles. The van der Waals surface area contributed by atoms with Crippen LogP contribution in [0.5, 0.6) is 0 Å². The molecule has 1 heterocycles. The predicted molar refractivity (Wildman–Crippen MR) is 54.9 cm³/mol. The summed E-state index contributed by atoms with van der Waals surface area (Å²) in [4.78, 5) is 23.8. The number of likely N-dealkylation sites (N-methyl/N-ethyl adjacent to an activating group) is 1. The van der Waals surface area contributed by atoms with Crippen molar-refractivity contribution in [1.29, 1.82) is 0 Å². The molecule has 0 saturated heterocycles. The molecule has 1 aromatic carbocycles. The van der Waals surface area contributed by atoms with E-state index in [2.05, 4.69) is 0 Å². The minimum Gasteiger partial charge on any atom is -0.478 e. The molecule has 0 atom stereocenters. The smallest absolute Gasteiger partial charge is 0.336 e. The summed E-state index contributed by atoms with van der Waals surface area (Å²) in [5.41, 5.74) is 7.18. The fraction of sp³-hybridized carbons (Fsp3) is 0.200. The number of hydrogen-bond donors (Lipinski definition) is 2. The van der Waals surface area contributed by atoms with E-state index in [-0.39, 0.29) is 17.9 Å². The summed E-state index contributed by atoms with van der Waals surface area (Å²) in [6.07, 6.45) is 0.133. The molecule has 0 aromatic heterocycles. The zero-order chi connectivity index (χ0) is 11.2. The Bertz CT molecular complexity index is 468. The number of nitrogens with two attached hydrogens (primary N) is 1. The van der Waals surface area contributed by atoms with Crippen LogP contribution in [0, 0.1) is 0 Å². The number of nitrogen functional groups attached to an aromatic ring is 1. The number of rotatable bonds is 1. The molecule has 2 rings (SSSR count). The van der Waals surface area contributed by atoms with E-state index in [1.54, 1.807) is 13.1 Å². The average molecular weight is 206 g/mol. The highest BCUT2D eigenvalue weighted by Gasteiger charge is 2.28. The third kappa shape index (κ3) is 1.32. The molecule has 0 bridgehead atoms. The standard InChI is InChI=1S/C10H10N2O3/c1-12-8-3-5(11)2-7(10(14)15)6(8)4-9(12)13/h2-3H,4,11H2,1H3,(H,14,15). The number of aromatic carboxylic acids is 1. The molecule has 1 amide bonds. The van der Waals surface area contributed by atoms with Crippen LogP contribution in [0.15, 0.2) is 12.1 Å². The molecule has 1 aliphatic heterocycles. The Morgan fingerprint density at radius 2 is 2.20 bits per heavy atom. The lowest BCUT2D eigenvalue weighted by Gasteiger charge is -2.11. The number of carboxylic acids is 1. The molecule has 5 nitrogen and oxygen atoms in total. The lowest BCUT2D eigenvalue weighted by Crippen LogP contribution is -2.20. The Kier molecular flexibility index (Phi) is 1.89. The fourth-order valence-corrected chi connectivity index (χ4v) is 1.76. The van der Waals surface area contributed by atoms with Crippen LogP contribution in [0.25, 0.3) is 0 Å². The molecule has 15 heavy (non-hydrogen) atoms. The number of nitrogens with zero attached hydrogens (tertiary/aromatic N) is 1. The summed E-state index contributed by atoms with van der Waals surface area (Å²) in [7, 11) is 1.61. The summed E-state index contributed by atoms with van der Waals surface area (Å²) in [6, 6.07) is 3.00. The van der Waals surface area contributed by atoms with E-state index in [0.717, 1.165) is 0 Å². The Hall–Kier alpha value is -2.04. The van der Waals surface area contributed by atoms with Gasteiger partial charge in [-0.1, -0.05) is 0 Å². The molecular formula is C10H10N2O3. The van der Waals surface area contributed by atoms with Crippen LogP contribution in [0.3, 0.4) is 0 Å². The number of carbonyl (C=O) groups excluding carboxylic acids is 1. The van der Waals surface area contributed by atoms with Crippen molar-refractivity contribution in [3.63, 3.8) is 0 Å². The minimum atomic E-state index is -1.05. The Morgan fingerprint density at radius 3 is 2.80 bits per heavy atom. The lowest BCUT2D eigenvalue weighted by atomic mass is 10.0. The second kappa shape index (κ2) is 2.98. The van der Waals surface area contributed by atoms with Crippen molar-refractivity contribution < 1.29 is 14.7 Å². The van der Waals surface area contributed by atoms with E-state index in [0.29, 0.717) is 16.9 Å². The maximum Gasteiger partial charge on any atom is 0.336 e. The normalized spacial score (nSPS) is 14.2. The number of anilines is 2. The summed E-state index contributed by atoms with van der Waals surface area (Å²) >= 11 is 0. The van der Waals surface area contributed by atoms with Gasteiger partial charge in [-0.05, 0) is 17.7 Å². The van der Waals surface area contributed by atoms with Gasteiger partial charge >= 0.3 is 5.97 Å². The highest BCUT2D eigenvalue weighted by atomic mass is 16.4. The Balaban J connectivity index is 2.67. The van der Waals surface area contributed by atoms with Gasteiger partial charge in [0.2, 0.25) is 5.91 Å². The first-order chi connectivity index (χ1) is 7.00. The summed E-state index contributed by atoms with van der Waals surface area (Å²) in [5, 5.41) is 8.96. The fourth-order valence-electron chi connectivity index (χ4n) is 1.76. The summed E-state index contributed by atoms with van der Waals surface area (Å²) in [6.45, 7) is 0. The number of carboxylic acid groups (broad SMARTS) is 1. The zero-order valence-electron chi connectivity index (χ0n) is 8.15. The highest BCUT2D eigenvalue weighted by molar-refractivity contribution is 6.06. The van der Waals surface area contributed by atoms with Crippen molar-refractivity contribution in [2.24, 2.45) is 0 Å². The van der Waals surface area contributed by atoms with Crippen molar-refractivity contribution in [3.05, 3.63) is 23.3 Å². The monoisotopic (exact) mass is 206 g/mol. The molecule has 78 valence electrons. The topological polar surface area (TPSA) is 83.6 Å². The van der Waals surface area contributed by atoms with Gasteiger partial charge in [-0.3, -0.25) is 4.79 Å². The van der Waals surface area contributed by atoms with Crippen LogP contribution in [-0.4, -0.2) is 24.0 Å². The van der Waals surface area contributed by atoms with Gasteiger partial charge in [-0.25, -0.2) is 4.79 Å². The van der Waals surface area contributed by atoms with E-state index in [9.17, 15) is 9.59 Å². The van der Waals surface area contributed by atoms with Crippen LogP contribution < -0.4 is 10.6 Å². The Labute approximate surface area is 86.1 Å². The molecule has 1 aliphatic rings. The lowest BCUT2D eigenvalue weighted by molar-refractivity contribution is -0.117. The second-order valence-corrected chi connectivity index (χ2v) is 3.50. The number of benzene rings is 1. The molecule has 0 unspecified atom stereocenters. The van der Waals surface area contributed by atoms with E-state index < -0.39 is 5.97 Å². The third-order valence-corrected chi connectivity index (χ3v) is 2.54. The predicted octanol–water partition coefficient (Wildman–Crippen LogP) is 0.486. The zero-order valence-corrected chi connectivity index (χ0v) is 8.15. The molecule has 0 fully saturated rings. The molecule has 1 aromatic rings. The van der Waals surface area contributed by atoms with Crippen LogP contribution in [0.2, 0.25) is 0 Å². The van der Waals surface area contributed by atoms with Crippen LogP contribution in [0.4, 0.5) is 11.4 Å². The van der Waals surface area contributed by atoms with Crippen LogP contribution >= 0.6 is 0 Å². The first-order valence-electron chi connectivity index (χ1n) is 4.43. The number of hydrogen-bond acceptors (Lipinski definition) is 3. The van der Waals surface area contributed by atoms with Crippen LogP contribution in [-0.2, 0) is 11.2 Å². The quantitative estimate of drug-likeness (QED) is 0.655. The number of amides is 1. The second-order valence-electron chi connectivity index (χ2n) is 3.50. The van der Waals surface area contributed by atoms with Gasteiger partial charge in [0.1, 0.15) is 0 Å². The van der Waals surface area contributed by atoms with Gasteiger partial charge in [0.15, 0.2) is 0 Å². The molecule has 0 radical (unpaired) electrons. The van der Waals surface area contributed by atoms with Gasteiger partial charge in [-0.15, -0.1) is 0 Å². The van der Waals surface area contributed by atoms with Gasteiger partial charge in [0.05, 0.1) is 12.0 Å². The Morgan fingerprint density at radius 1 is 1.53 bits per heavy atom. The molecule has 5 heteroatoms. The highest BCUT2D eigenvalue weighted by Crippen LogP contribution is 2.32. The van der Waals surface area contributed by atoms with Crippen molar-refractivity contribution in [2.45, 2.75) is 6.42 Å². The summed E-state index contributed by atoms with van der Waals surface area (Å²) in [5.74, 6) is -1.17. The van der Waals surface area contributed by atoms with Crippen molar-refractivity contribution in [3.8, 4) is 0 Å². The van der Waals surface area contributed by atoms with Gasteiger partial charge in [-0.2, -0.15) is 0 Å². The largest absolute Gasteiger partial charge is 0.478 e. The number of carbonyl (C=O) groups is 2. The first kappa shape index (κ1) is 9.51. The average Bonchev–Trinajstić information content (AvgIpc) is 2.43. The SMILES string of the molecule is CN1C(=O)Cc2c(C(=O)O)cc(N)cc21. The molecule has 0 saturated carbocycles. The molecule has 0 spiro atoms. The molecule has 3 N–H and O–H groups in total. The van der Waals surface area contributed by atoms with Crippen LogP contribution in [0.1, 0.15) is 15.9 Å². The van der Waals surface area contributed by atoms with E-state index >= 15 is 0 Å². The molecular weight excluding hydrogens is 196 g/mol.